The fourth-order valence-corrected chi connectivity index (χ4v) is 3.30. The lowest BCUT2D eigenvalue weighted by molar-refractivity contribution is 0.0962. The Labute approximate surface area is 125 Å². The number of nitrogens with zero attached hydrogens (tertiary/aromatic N) is 3. The number of aryl methyl sites for hydroxylation is 2. The molecule has 0 N–H and O–H groups in total. The van der Waals surface area contributed by atoms with Gasteiger partial charge in [0.1, 0.15) is 5.69 Å². The summed E-state index contributed by atoms with van der Waals surface area (Å²) in [6.45, 7) is 2.10. The fraction of sp³-hybridized carbons (Fsp3) is 0.267. The lowest BCUT2D eigenvalue weighted by atomic mass is 10.2. The maximum atomic E-state index is 12.4. The Morgan fingerprint density at radius 3 is 2.86 bits per heavy atom. The smallest absolute Gasteiger partial charge is 0.259 e. The first-order chi connectivity index (χ1) is 10.1. The van der Waals surface area contributed by atoms with E-state index in [1.165, 1.54) is 14.1 Å². The van der Waals surface area contributed by atoms with Crippen molar-refractivity contribution in [3.05, 3.63) is 51.5 Å². The second kappa shape index (κ2) is 5.29. The van der Waals surface area contributed by atoms with Gasteiger partial charge < -0.3 is 4.57 Å². The Balaban J connectivity index is 1.98. The molecule has 0 amide bonds. The van der Waals surface area contributed by atoms with Gasteiger partial charge in [0, 0.05) is 29.0 Å². The van der Waals surface area contributed by atoms with Crippen molar-refractivity contribution >= 4 is 27.2 Å². The van der Waals surface area contributed by atoms with E-state index in [4.69, 9.17) is 0 Å². The molecule has 0 radical (unpaired) electrons. The SMILES string of the molecule is CCc1cc2c(=O)n(CC(=O)c3ccnn3C)ccc2s1. The van der Waals surface area contributed by atoms with Gasteiger partial charge in [-0.15, -0.1) is 11.3 Å². The summed E-state index contributed by atoms with van der Waals surface area (Å²) in [6, 6.07) is 5.48. The molecule has 5 nitrogen and oxygen atoms in total. The van der Waals surface area contributed by atoms with E-state index in [0.29, 0.717) is 11.1 Å². The fourth-order valence-electron chi connectivity index (χ4n) is 2.31. The summed E-state index contributed by atoms with van der Waals surface area (Å²) in [4.78, 5) is 25.8. The van der Waals surface area contributed by atoms with Gasteiger partial charge in [0.05, 0.1) is 11.9 Å². The highest BCUT2D eigenvalue weighted by Gasteiger charge is 2.13. The summed E-state index contributed by atoms with van der Waals surface area (Å²) >= 11 is 1.63. The van der Waals surface area contributed by atoms with Gasteiger partial charge in [-0.3, -0.25) is 14.3 Å². The number of carbonyl (C=O) groups is 1. The van der Waals surface area contributed by atoms with Gasteiger partial charge in [-0.25, -0.2) is 0 Å². The standard InChI is InChI=1S/C15H15N3O2S/c1-3-10-8-11-14(21-10)5-7-18(15(11)20)9-13(19)12-4-6-16-17(12)2/h4-8H,3,9H2,1-2H3. The van der Waals surface area contributed by atoms with Crippen LogP contribution < -0.4 is 5.56 Å². The Morgan fingerprint density at radius 2 is 2.19 bits per heavy atom. The minimum atomic E-state index is -0.123. The summed E-state index contributed by atoms with van der Waals surface area (Å²) in [7, 11) is 1.71. The maximum Gasteiger partial charge on any atom is 0.259 e. The van der Waals surface area contributed by atoms with Crippen molar-refractivity contribution in [2.75, 3.05) is 0 Å². The molecule has 0 fully saturated rings. The van der Waals surface area contributed by atoms with Crippen molar-refractivity contribution in [1.82, 2.24) is 14.3 Å². The largest absolute Gasteiger partial charge is 0.307 e. The minimum Gasteiger partial charge on any atom is -0.307 e. The zero-order chi connectivity index (χ0) is 15.0. The third-order valence-electron chi connectivity index (χ3n) is 3.48. The van der Waals surface area contributed by atoms with Crippen LogP contribution in [0, 0.1) is 0 Å². The molecule has 3 aromatic rings. The average Bonchev–Trinajstić information content (AvgIpc) is 3.08. The van der Waals surface area contributed by atoms with Gasteiger partial charge in [0.25, 0.3) is 5.56 Å². The minimum absolute atomic E-state index is 0.0333. The highest BCUT2D eigenvalue weighted by atomic mass is 32.1. The van der Waals surface area contributed by atoms with Crippen LogP contribution in [0.15, 0.2) is 35.4 Å². The zero-order valence-electron chi connectivity index (χ0n) is 11.9. The monoisotopic (exact) mass is 301 g/mol. The second-order valence-electron chi connectivity index (χ2n) is 4.86. The molecule has 0 aliphatic rings. The summed E-state index contributed by atoms with van der Waals surface area (Å²) in [5, 5.41) is 4.67. The van der Waals surface area contributed by atoms with E-state index >= 15 is 0 Å². The van der Waals surface area contributed by atoms with E-state index in [1.807, 2.05) is 12.1 Å². The number of rotatable bonds is 4. The molecule has 0 aliphatic heterocycles. The molecule has 0 bridgehead atoms. The average molecular weight is 301 g/mol. The highest BCUT2D eigenvalue weighted by molar-refractivity contribution is 7.19. The molecule has 0 aromatic carbocycles. The van der Waals surface area contributed by atoms with Gasteiger partial charge in [-0.05, 0) is 24.6 Å². The van der Waals surface area contributed by atoms with Crippen LogP contribution >= 0.6 is 11.3 Å². The van der Waals surface area contributed by atoms with Crippen LogP contribution in [0.3, 0.4) is 0 Å². The third kappa shape index (κ3) is 2.42. The first-order valence-electron chi connectivity index (χ1n) is 6.73. The number of fused-ring (bicyclic) bond motifs is 1. The van der Waals surface area contributed by atoms with Gasteiger partial charge in [0.2, 0.25) is 5.78 Å². The van der Waals surface area contributed by atoms with E-state index in [0.717, 1.165) is 11.1 Å². The number of aromatic nitrogens is 3. The molecule has 6 heteroatoms. The molecule has 3 aromatic heterocycles. The number of thiophene rings is 1. The van der Waals surface area contributed by atoms with Gasteiger partial charge in [0.15, 0.2) is 0 Å². The number of carbonyl (C=O) groups excluding carboxylic acids is 1. The van der Waals surface area contributed by atoms with Crippen molar-refractivity contribution in [1.29, 1.82) is 0 Å². The number of Topliss-reactive ketones (excluding diaryl/α,β-unsaturated/α-hetero) is 1. The molecule has 0 unspecified atom stereocenters. The molecule has 0 saturated carbocycles. The first kappa shape index (κ1) is 13.8. The normalized spacial score (nSPS) is 11.1. The van der Waals surface area contributed by atoms with Crippen molar-refractivity contribution in [3.63, 3.8) is 0 Å². The molecule has 0 spiro atoms. The van der Waals surface area contributed by atoms with Crippen LogP contribution in [0.2, 0.25) is 0 Å². The summed E-state index contributed by atoms with van der Waals surface area (Å²) in [5.74, 6) is -0.123. The van der Waals surface area contributed by atoms with E-state index in [2.05, 4.69) is 12.0 Å². The predicted octanol–water partition coefficient (Wildman–Crippen LogP) is 2.24. The van der Waals surface area contributed by atoms with E-state index in [9.17, 15) is 9.59 Å². The van der Waals surface area contributed by atoms with Crippen molar-refractivity contribution in [3.8, 4) is 0 Å². The summed E-state index contributed by atoms with van der Waals surface area (Å²) in [6.07, 6.45) is 4.17. The molecule has 108 valence electrons. The summed E-state index contributed by atoms with van der Waals surface area (Å²) < 4.78 is 3.95. The van der Waals surface area contributed by atoms with E-state index < -0.39 is 0 Å². The van der Waals surface area contributed by atoms with Gasteiger partial charge in [-0.2, -0.15) is 5.10 Å². The van der Waals surface area contributed by atoms with Gasteiger partial charge in [-0.1, -0.05) is 6.92 Å². The molecule has 3 heterocycles. The molecule has 0 atom stereocenters. The Kier molecular flexibility index (Phi) is 3.47. The molecule has 21 heavy (non-hydrogen) atoms. The molecular weight excluding hydrogens is 286 g/mol. The van der Waals surface area contributed by atoms with Crippen LogP contribution in [-0.2, 0) is 20.0 Å². The van der Waals surface area contributed by atoms with Crippen LogP contribution in [0.5, 0.6) is 0 Å². The topological polar surface area (TPSA) is 56.9 Å². The lowest BCUT2D eigenvalue weighted by Gasteiger charge is -2.05. The summed E-state index contributed by atoms with van der Waals surface area (Å²) in [5.41, 5.74) is 0.389. The molecule has 3 rings (SSSR count). The quantitative estimate of drug-likeness (QED) is 0.694. The molecule has 0 aliphatic carbocycles. The number of pyridine rings is 1. The van der Waals surface area contributed by atoms with Gasteiger partial charge >= 0.3 is 0 Å². The first-order valence-corrected chi connectivity index (χ1v) is 7.55. The van der Waals surface area contributed by atoms with E-state index in [1.54, 1.807) is 36.8 Å². The van der Waals surface area contributed by atoms with Crippen molar-refractivity contribution in [2.45, 2.75) is 19.9 Å². The maximum absolute atomic E-state index is 12.4. The molecular formula is C15H15N3O2S. The van der Waals surface area contributed by atoms with Crippen LogP contribution in [0.25, 0.3) is 10.1 Å². The van der Waals surface area contributed by atoms with Crippen molar-refractivity contribution in [2.24, 2.45) is 7.05 Å². The number of ketones is 1. The van der Waals surface area contributed by atoms with Crippen molar-refractivity contribution < 1.29 is 4.79 Å². The van der Waals surface area contributed by atoms with Crippen LogP contribution in [-0.4, -0.2) is 20.1 Å². The second-order valence-corrected chi connectivity index (χ2v) is 6.02. The highest BCUT2D eigenvalue weighted by Crippen LogP contribution is 2.23. The number of hydrogen-bond donors (Lipinski definition) is 0. The lowest BCUT2D eigenvalue weighted by Crippen LogP contribution is -2.24. The van der Waals surface area contributed by atoms with E-state index in [-0.39, 0.29) is 17.9 Å². The Bertz CT molecular complexity index is 873. The Hall–Kier alpha value is -2.21. The predicted molar refractivity (Wildman–Crippen MR) is 83.0 cm³/mol. The molecule has 0 saturated heterocycles. The Morgan fingerprint density at radius 1 is 1.38 bits per heavy atom. The van der Waals surface area contributed by atoms with Crippen LogP contribution in [0.4, 0.5) is 0 Å². The zero-order valence-corrected chi connectivity index (χ0v) is 12.7. The third-order valence-corrected chi connectivity index (χ3v) is 4.72. The van der Waals surface area contributed by atoms with Crippen LogP contribution in [0.1, 0.15) is 22.3 Å². The number of hydrogen-bond acceptors (Lipinski definition) is 4.